The molecule has 3 heterocycles. The number of rotatable bonds is 4. The van der Waals surface area contributed by atoms with Crippen molar-refractivity contribution in [1.29, 1.82) is 0 Å². The Morgan fingerprint density at radius 2 is 1.93 bits per heavy atom. The van der Waals surface area contributed by atoms with Crippen LogP contribution in [0.2, 0.25) is 0 Å². The number of likely N-dealkylation sites (tertiary alicyclic amines) is 1. The Morgan fingerprint density at radius 1 is 1.25 bits per heavy atom. The largest absolute Gasteiger partial charge is 0.468 e. The van der Waals surface area contributed by atoms with Crippen LogP contribution in [0.15, 0.2) is 30.3 Å². The molecule has 3 aliphatic heterocycles. The lowest BCUT2D eigenvalue weighted by Gasteiger charge is -2.36. The normalized spacial score (nSPS) is 35.9. The lowest BCUT2D eigenvalue weighted by Crippen LogP contribution is -2.50. The molecular weight excluding hydrogens is 356 g/mol. The van der Waals surface area contributed by atoms with E-state index < -0.39 is 17.1 Å². The van der Waals surface area contributed by atoms with Crippen molar-refractivity contribution in [3.8, 4) is 0 Å². The van der Waals surface area contributed by atoms with Gasteiger partial charge < -0.3 is 14.4 Å². The Balaban J connectivity index is 1.73. The van der Waals surface area contributed by atoms with Gasteiger partial charge in [-0.15, -0.1) is 0 Å². The van der Waals surface area contributed by atoms with E-state index in [4.69, 9.17) is 9.47 Å². The van der Waals surface area contributed by atoms with Crippen molar-refractivity contribution in [2.24, 2.45) is 17.3 Å². The third kappa shape index (κ3) is 2.40. The summed E-state index contributed by atoms with van der Waals surface area (Å²) in [5.74, 6) is -0.564. The summed E-state index contributed by atoms with van der Waals surface area (Å²) in [6.07, 6.45) is 0. The van der Waals surface area contributed by atoms with Gasteiger partial charge in [0.1, 0.15) is 5.72 Å². The van der Waals surface area contributed by atoms with Gasteiger partial charge in [0.15, 0.2) is 5.41 Å². The van der Waals surface area contributed by atoms with Crippen LogP contribution in [0.5, 0.6) is 0 Å². The predicted molar refractivity (Wildman–Crippen MR) is 104 cm³/mol. The molecule has 0 aliphatic carbocycles. The Morgan fingerprint density at radius 3 is 2.54 bits per heavy atom. The van der Waals surface area contributed by atoms with Crippen molar-refractivity contribution in [3.05, 3.63) is 35.9 Å². The molecule has 152 valence electrons. The van der Waals surface area contributed by atoms with Crippen molar-refractivity contribution in [2.45, 2.75) is 45.5 Å². The minimum Gasteiger partial charge on any atom is -0.468 e. The number of amides is 1. The molecule has 5 atom stereocenters. The fraction of sp³-hybridized carbons (Fsp3) is 0.636. The van der Waals surface area contributed by atoms with Crippen LogP contribution in [0.4, 0.5) is 0 Å². The summed E-state index contributed by atoms with van der Waals surface area (Å²) < 4.78 is 11.4. The second-order valence-corrected chi connectivity index (χ2v) is 8.88. The van der Waals surface area contributed by atoms with Crippen LogP contribution in [0.3, 0.4) is 0 Å². The Labute approximate surface area is 166 Å². The molecule has 3 fully saturated rings. The summed E-state index contributed by atoms with van der Waals surface area (Å²) in [7, 11) is 1.37. The van der Waals surface area contributed by atoms with Crippen molar-refractivity contribution < 1.29 is 19.1 Å². The monoisotopic (exact) mass is 386 g/mol. The van der Waals surface area contributed by atoms with E-state index in [-0.39, 0.29) is 29.8 Å². The molecule has 3 saturated heterocycles. The number of hydrogen-bond acceptors (Lipinski definition) is 5. The van der Waals surface area contributed by atoms with Crippen LogP contribution in [-0.2, 0) is 19.1 Å². The third-order valence-electron chi connectivity index (χ3n) is 7.22. The maximum Gasteiger partial charge on any atom is 0.323 e. The third-order valence-corrected chi connectivity index (χ3v) is 7.22. The molecule has 0 saturated carbocycles. The van der Waals surface area contributed by atoms with Crippen molar-refractivity contribution in [1.82, 2.24) is 9.80 Å². The summed E-state index contributed by atoms with van der Waals surface area (Å²) in [4.78, 5) is 30.8. The van der Waals surface area contributed by atoms with Crippen LogP contribution < -0.4 is 0 Å². The minimum atomic E-state index is -1.19. The molecule has 0 spiro atoms. The predicted octanol–water partition coefficient (Wildman–Crippen LogP) is 2.45. The van der Waals surface area contributed by atoms with Gasteiger partial charge in [0.2, 0.25) is 5.91 Å². The highest BCUT2D eigenvalue weighted by Gasteiger charge is 2.76. The summed E-state index contributed by atoms with van der Waals surface area (Å²) in [5.41, 5.74) is -0.796. The maximum atomic E-state index is 13.7. The molecule has 0 N–H and O–H groups in total. The number of hydrogen-bond donors (Lipinski definition) is 0. The second kappa shape index (κ2) is 6.56. The summed E-state index contributed by atoms with van der Waals surface area (Å²) in [6.45, 7) is 9.78. The highest BCUT2D eigenvalue weighted by molar-refractivity contribution is 6.06. The van der Waals surface area contributed by atoms with Crippen molar-refractivity contribution in [3.63, 3.8) is 0 Å². The second-order valence-electron chi connectivity index (χ2n) is 8.88. The molecular formula is C22H30N2O4. The number of fused-ring (bicyclic) bond motifs is 3. The molecule has 28 heavy (non-hydrogen) atoms. The molecule has 1 amide bonds. The lowest BCUT2D eigenvalue weighted by atomic mass is 9.76. The quantitative estimate of drug-likeness (QED) is 0.588. The van der Waals surface area contributed by atoms with Gasteiger partial charge >= 0.3 is 5.97 Å². The first-order valence-corrected chi connectivity index (χ1v) is 10.1. The molecule has 6 nitrogen and oxygen atoms in total. The number of nitrogens with zero attached hydrogens (tertiary/aromatic N) is 2. The van der Waals surface area contributed by atoms with Gasteiger partial charge in [-0.2, -0.15) is 0 Å². The van der Waals surface area contributed by atoms with Crippen LogP contribution >= 0.6 is 0 Å². The topological polar surface area (TPSA) is 59.1 Å². The highest BCUT2D eigenvalue weighted by atomic mass is 16.5. The Kier molecular flexibility index (Phi) is 4.55. The summed E-state index contributed by atoms with van der Waals surface area (Å²) >= 11 is 0. The van der Waals surface area contributed by atoms with Gasteiger partial charge in [0, 0.05) is 25.0 Å². The molecule has 0 bridgehead atoms. The van der Waals surface area contributed by atoms with Gasteiger partial charge in [0.25, 0.3) is 0 Å². The maximum absolute atomic E-state index is 13.7. The van der Waals surface area contributed by atoms with Crippen LogP contribution in [0.25, 0.3) is 0 Å². The van der Waals surface area contributed by atoms with Gasteiger partial charge in [-0.3, -0.25) is 14.5 Å². The number of carbonyl (C=O) groups is 2. The number of methoxy groups -OCH3 is 1. The van der Waals surface area contributed by atoms with Gasteiger partial charge in [-0.1, -0.05) is 44.2 Å². The zero-order chi connectivity index (χ0) is 20.3. The molecule has 4 rings (SSSR count). The standard InChI is InChI=1S/C22H30N2O4/c1-14(2)17-12-28-21(4)18-11-23(15(3)16-9-7-6-8-10-16)13-22(18,20(26)27-5)19(25)24(17)21/h6-10,14-15,17-18H,11-13H2,1-5H3/t15-,17-,18+,21-,22-/m1/s1. The Hall–Kier alpha value is -1.92. The Bertz CT molecular complexity index is 782. The molecule has 1 aromatic carbocycles. The zero-order valence-corrected chi connectivity index (χ0v) is 17.3. The van der Waals surface area contributed by atoms with E-state index in [1.165, 1.54) is 12.7 Å². The zero-order valence-electron chi connectivity index (χ0n) is 17.3. The average Bonchev–Trinajstić information content (AvgIpc) is 3.31. The number of benzene rings is 1. The smallest absolute Gasteiger partial charge is 0.323 e. The van der Waals surface area contributed by atoms with E-state index in [0.717, 1.165) is 0 Å². The van der Waals surface area contributed by atoms with Crippen LogP contribution in [0, 0.1) is 17.3 Å². The molecule has 0 radical (unpaired) electrons. The minimum absolute atomic E-state index is 0.00960. The SMILES string of the molecule is COC(=O)[C@]12CN([C@H](C)c3ccccc3)C[C@H]1[C@@]1(C)OC[C@H](C(C)C)N1C2=O. The van der Waals surface area contributed by atoms with Crippen LogP contribution in [0.1, 0.15) is 39.3 Å². The van der Waals surface area contributed by atoms with E-state index in [1.807, 2.05) is 30.0 Å². The molecule has 0 aromatic heterocycles. The van der Waals surface area contributed by atoms with Gasteiger partial charge in [-0.25, -0.2) is 0 Å². The molecule has 0 unspecified atom stereocenters. The average molecular weight is 386 g/mol. The first-order chi connectivity index (χ1) is 13.3. The fourth-order valence-electron chi connectivity index (χ4n) is 5.50. The number of ether oxygens (including phenoxy) is 2. The first kappa shape index (κ1) is 19.4. The van der Waals surface area contributed by atoms with Gasteiger partial charge in [-0.05, 0) is 25.3 Å². The lowest BCUT2D eigenvalue weighted by molar-refractivity contribution is -0.160. The van der Waals surface area contributed by atoms with Crippen LogP contribution in [-0.4, -0.2) is 60.2 Å². The van der Waals surface area contributed by atoms with Gasteiger partial charge in [0.05, 0.1) is 19.8 Å². The molecule has 6 heteroatoms. The molecule has 1 aromatic rings. The van der Waals surface area contributed by atoms with E-state index in [0.29, 0.717) is 19.7 Å². The summed E-state index contributed by atoms with van der Waals surface area (Å²) in [5, 5.41) is 0. The number of carbonyl (C=O) groups excluding carboxylic acids is 2. The van der Waals surface area contributed by atoms with E-state index >= 15 is 0 Å². The number of esters is 1. The van der Waals surface area contributed by atoms with E-state index in [1.54, 1.807) is 0 Å². The summed E-state index contributed by atoms with van der Waals surface area (Å²) in [6, 6.07) is 10.3. The van der Waals surface area contributed by atoms with E-state index in [9.17, 15) is 9.59 Å². The van der Waals surface area contributed by atoms with E-state index in [2.05, 4.69) is 37.8 Å². The van der Waals surface area contributed by atoms with Crippen molar-refractivity contribution >= 4 is 11.9 Å². The molecule has 3 aliphatic rings. The van der Waals surface area contributed by atoms with Crippen molar-refractivity contribution in [2.75, 3.05) is 26.8 Å². The fourth-order valence-corrected chi connectivity index (χ4v) is 5.50. The highest BCUT2D eigenvalue weighted by Crippen LogP contribution is 2.58. The first-order valence-electron chi connectivity index (χ1n) is 10.1.